The van der Waals surface area contributed by atoms with Crippen molar-refractivity contribution in [3.63, 3.8) is 0 Å². The first-order chi connectivity index (χ1) is 6.25. The van der Waals surface area contributed by atoms with E-state index in [1.807, 2.05) is 0 Å². The number of nitrogens with zero attached hydrogens (tertiary/aromatic N) is 1. The van der Waals surface area contributed by atoms with Crippen molar-refractivity contribution >= 4 is 5.91 Å². The molecule has 1 heterocycles. The molecule has 1 fully saturated rings. The summed E-state index contributed by atoms with van der Waals surface area (Å²) in [5.41, 5.74) is 5.40. The van der Waals surface area contributed by atoms with Gasteiger partial charge in [0.15, 0.2) is 0 Å². The summed E-state index contributed by atoms with van der Waals surface area (Å²) in [5.74, 6) is -0.239. The van der Waals surface area contributed by atoms with Crippen molar-refractivity contribution in [2.24, 2.45) is 5.73 Å². The first-order valence-corrected chi connectivity index (χ1v) is 4.02. The van der Waals surface area contributed by atoms with E-state index in [-0.39, 0.29) is 19.2 Å². The number of carbonyl (C=O) groups excluding carboxylic acids is 1. The lowest BCUT2D eigenvalue weighted by molar-refractivity contribution is -0.188. The van der Waals surface area contributed by atoms with Crippen molar-refractivity contribution in [3.05, 3.63) is 0 Å². The van der Waals surface area contributed by atoms with Gasteiger partial charge in [-0.05, 0) is 0 Å². The van der Waals surface area contributed by atoms with Gasteiger partial charge in [0.25, 0.3) is 5.91 Å². The third kappa shape index (κ3) is 2.92. The van der Waals surface area contributed by atoms with E-state index in [0.717, 1.165) is 5.06 Å². The first kappa shape index (κ1) is 10.4. The lowest BCUT2D eigenvalue weighted by atomic mass is 10.3. The molecule has 0 aromatic carbocycles. The molecule has 0 aliphatic carbocycles. The molecule has 1 unspecified atom stereocenters. The summed E-state index contributed by atoms with van der Waals surface area (Å²) in [6.07, 6.45) is 0. The highest BCUT2D eigenvalue weighted by atomic mass is 16.7. The number of amides is 1. The second kappa shape index (κ2) is 5.13. The number of rotatable bonds is 5. The average molecular weight is 190 g/mol. The number of carbonyl (C=O) groups is 1. The largest absolute Gasteiger partial charge is 0.382 e. The monoisotopic (exact) mass is 190 g/mol. The van der Waals surface area contributed by atoms with Crippen molar-refractivity contribution in [1.82, 2.24) is 5.06 Å². The molecule has 1 rings (SSSR count). The average Bonchev–Trinajstić information content (AvgIpc) is 2.43. The molecule has 0 saturated carbocycles. The molecule has 1 saturated heterocycles. The standard InChI is InChI=1S/C7H14N2O4/c1-11-2-3-12-5-9-7(10)6(8)4-13-9/h6H,2-5,8H2,1H3. The molecular weight excluding hydrogens is 176 g/mol. The van der Waals surface area contributed by atoms with Crippen molar-refractivity contribution in [2.45, 2.75) is 6.04 Å². The number of hydroxylamine groups is 2. The van der Waals surface area contributed by atoms with E-state index in [0.29, 0.717) is 13.2 Å². The Morgan fingerprint density at radius 1 is 1.69 bits per heavy atom. The van der Waals surface area contributed by atoms with Crippen LogP contribution in [-0.4, -0.2) is 50.7 Å². The van der Waals surface area contributed by atoms with Gasteiger partial charge in [-0.25, -0.2) is 0 Å². The summed E-state index contributed by atoms with van der Waals surface area (Å²) < 4.78 is 9.84. The summed E-state index contributed by atoms with van der Waals surface area (Å²) in [6.45, 7) is 1.26. The fourth-order valence-corrected chi connectivity index (χ4v) is 0.881. The minimum absolute atomic E-state index is 0.107. The molecule has 1 aliphatic rings. The Bertz CT molecular complexity index is 176. The summed E-state index contributed by atoms with van der Waals surface area (Å²) >= 11 is 0. The summed E-state index contributed by atoms with van der Waals surface area (Å²) in [6, 6.07) is -0.550. The Balaban J connectivity index is 2.12. The second-order valence-corrected chi connectivity index (χ2v) is 2.65. The second-order valence-electron chi connectivity index (χ2n) is 2.65. The molecule has 0 aromatic heterocycles. The van der Waals surface area contributed by atoms with Gasteiger partial charge in [0.2, 0.25) is 0 Å². The molecule has 2 N–H and O–H groups in total. The van der Waals surface area contributed by atoms with Crippen LogP contribution in [0.5, 0.6) is 0 Å². The molecule has 0 radical (unpaired) electrons. The normalized spacial score (nSPS) is 22.8. The Morgan fingerprint density at radius 3 is 3.00 bits per heavy atom. The van der Waals surface area contributed by atoms with E-state index in [1.54, 1.807) is 7.11 Å². The smallest absolute Gasteiger partial charge is 0.267 e. The SMILES string of the molecule is COCCOCN1OCC(N)C1=O. The van der Waals surface area contributed by atoms with Crippen LogP contribution in [0.1, 0.15) is 0 Å². The van der Waals surface area contributed by atoms with Crippen molar-refractivity contribution < 1.29 is 19.1 Å². The molecule has 1 aliphatic heterocycles. The molecule has 0 spiro atoms. The summed E-state index contributed by atoms with van der Waals surface area (Å²) in [7, 11) is 1.58. The highest BCUT2D eigenvalue weighted by Crippen LogP contribution is 2.04. The number of nitrogens with two attached hydrogens (primary N) is 1. The van der Waals surface area contributed by atoms with Gasteiger partial charge in [0.05, 0.1) is 19.8 Å². The van der Waals surface area contributed by atoms with E-state index < -0.39 is 6.04 Å². The van der Waals surface area contributed by atoms with Crippen molar-refractivity contribution in [2.75, 3.05) is 33.7 Å². The maximum absolute atomic E-state index is 11.1. The topological polar surface area (TPSA) is 74.0 Å². The summed E-state index contributed by atoms with van der Waals surface area (Å²) in [4.78, 5) is 16.1. The van der Waals surface area contributed by atoms with E-state index in [9.17, 15) is 4.79 Å². The lowest BCUT2D eigenvalue weighted by Gasteiger charge is -2.13. The first-order valence-electron chi connectivity index (χ1n) is 4.02. The molecule has 76 valence electrons. The zero-order valence-electron chi connectivity index (χ0n) is 7.56. The molecule has 6 heteroatoms. The Labute approximate surface area is 76.5 Å². The number of hydrogen-bond acceptors (Lipinski definition) is 5. The molecule has 0 aromatic rings. The quantitative estimate of drug-likeness (QED) is 0.546. The lowest BCUT2D eigenvalue weighted by Crippen LogP contribution is -2.35. The van der Waals surface area contributed by atoms with Crippen molar-refractivity contribution in [3.8, 4) is 0 Å². The molecule has 1 atom stereocenters. The third-order valence-corrected chi connectivity index (χ3v) is 1.61. The molecular formula is C7H14N2O4. The van der Waals surface area contributed by atoms with E-state index >= 15 is 0 Å². The van der Waals surface area contributed by atoms with Crippen molar-refractivity contribution in [1.29, 1.82) is 0 Å². The zero-order valence-corrected chi connectivity index (χ0v) is 7.56. The van der Waals surface area contributed by atoms with Crippen LogP contribution in [0.4, 0.5) is 0 Å². The molecule has 6 nitrogen and oxygen atoms in total. The molecule has 0 bridgehead atoms. The van der Waals surface area contributed by atoms with Crippen LogP contribution in [0.25, 0.3) is 0 Å². The number of ether oxygens (including phenoxy) is 2. The Morgan fingerprint density at radius 2 is 2.46 bits per heavy atom. The fraction of sp³-hybridized carbons (Fsp3) is 0.857. The van der Waals surface area contributed by atoms with Gasteiger partial charge in [0, 0.05) is 7.11 Å². The van der Waals surface area contributed by atoms with Crippen LogP contribution in [-0.2, 0) is 19.1 Å². The van der Waals surface area contributed by atoms with Crippen LogP contribution in [0, 0.1) is 0 Å². The van der Waals surface area contributed by atoms with Crippen LogP contribution < -0.4 is 5.73 Å². The summed E-state index contributed by atoms with van der Waals surface area (Å²) in [5, 5.41) is 1.13. The highest BCUT2D eigenvalue weighted by molar-refractivity contribution is 5.82. The maximum atomic E-state index is 11.1. The minimum atomic E-state index is -0.550. The molecule has 1 amide bonds. The van der Waals surface area contributed by atoms with Crippen LogP contribution in [0.2, 0.25) is 0 Å². The fourth-order valence-electron chi connectivity index (χ4n) is 0.881. The maximum Gasteiger partial charge on any atom is 0.267 e. The number of hydrogen-bond donors (Lipinski definition) is 1. The van der Waals surface area contributed by atoms with Crippen LogP contribution in [0.3, 0.4) is 0 Å². The van der Waals surface area contributed by atoms with Gasteiger partial charge >= 0.3 is 0 Å². The van der Waals surface area contributed by atoms with Crippen LogP contribution >= 0.6 is 0 Å². The number of methoxy groups -OCH3 is 1. The van der Waals surface area contributed by atoms with Gasteiger partial charge in [-0.2, -0.15) is 5.06 Å². The predicted octanol–water partition coefficient (Wildman–Crippen LogP) is -1.29. The highest BCUT2D eigenvalue weighted by Gasteiger charge is 2.29. The minimum Gasteiger partial charge on any atom is -0.382 e. The van der Waals surface area contributed by atoms with Gasteiger partial charge in [0.1, 0.15) is 12.8 Å². The Kier molecular flexibility index (Phi) is 4.10. The van der Waals surface area contributed by atoms with Gasteiger partial charge < -0.3 is 15.2 Å². The van der Waals surface area contributed by atoms with E-state index in [2.05, 4.69) is 0 Å². The van der Waals surface area contributed by atoms with E-state index in [1.165, 1.54) is 0 Å². The third-order valence-electron chi connectivity index (χ3n) is 1.61. The predicted molar refractivity (Wildman–Crippen MR) is 43.5 cm³/mol. The van der Waals surface area contributed by atoms with Gasteiger partial charge in [-0.3, -0.25) is 9.63 Å². The zero-order chi connectivity index (χ0) is 9.68. The Hall–Kier alpha value is -0.690. The van der Waals surface area contributed by atoms with Gasteiger partial charge in [-0.1, -0.05) is 0 Å². The van der Waals surface area contributed by atoms with Gasteiger partial charge in [-0.15, -0.1) is 0 Å². The van der Waals surface area contributed by atoms with Crippen LogP contribution in [0.15, 0.2) is 0 Å². The van der Waals surface area contributed by atoms with E-state index in [4.69, 9.17) is 20.0 Å². The molecule has 13 heavy (non-hydrogen) atoms.